The summed E-state index contributed by atoms with van der Waals surface area (Å²) in [5, 5.41) is 3.31. The summed E-state index contributed by atoms with van der Waals surface area (Å²) in [5.41, 5.74) is 2.49. The number of likely N-dealkylation sites (N-methyl/N-ethyl adjacent to an activating group) is 1. The summed E-state index contributed by atoms with van der Waals surface area (Å²) in [5.74, 6) is -0.960. The first-order chi connectivity index (χ1) is 18.4. The Morgan fingerprint density at radius 3 is 2.05 bits per heavy atom. The number of nitrogens with zero attached hydrogens (tertiary/aromatic N) is 2. The van der Waals surface area contributed by atoms with Gasteiger partial charge in [-0.25, -0.2) is 8.42 Å². The summed E-state index contributed by atoms with van der Waals surface area (Å²) in [6.45, 7) is 3.31. The second-order valence-corrected chi connectivity index (χ2v) is 12.2. The number of amides is 2. The maximum Gasteiger partial charge on any atom is 0.244 e. The van der Waals surface area contributed by atoms with E-state index in [0.29, 0.717) is 21.3 Å². The van der Waals surface area contributed by atoms with Crippen molar-refractivity contribution >= 4 is 50.7 Å². The molecule has 1 unspecified atom stereocenters. The number of sulfonamides is 1. The van der Waals surface area contributed by atoms with Gasteiger partial charge >= 0.3 is 0 Å². The molecule has 10 heteroatoms. The van der Waals surface area contributed by atoms with Crippen molar-refractivity contribution in [3.05, 3.63) is 99.5 Å². The number of para-hydroxylation sites is 1. The van der Waals surface area contributed by atoms with E-state index in [4.69, 9.17) is 23.2 Å². The van der Waals surface area contributed by atoms with Crippen LogP contribution in [0.4, 0.5) is 5.69 Å². The van der Waals surface area contributed by atoms with Crippen molar-refractivity contribution in [2.75, 3.05) is 24.2 Å². The van der Waals surface area contributed by atoms with E-state index in [2.05, 4.69) is 5.32 Å². The summed E-state index contributed by atoms with van der Waals surface area (Å²) >= 11 is 12.9. The molecule has 3 aromatic carbocycles. The summed E-state index contributed by atoms with van der Waals surface area (Å²) in [7, 11) is -2.38. The minimum atomic E-state index is -3.87. The van der Waals surface area contributed by atoms with Crippen molar-refractivity contribution in [3.63, 3.8) is 0 Å². The van der Waals surface area contributed by atoms with Gasteiger partial charge in [0.1, 0.15) is 12.6 Å². The number of carbonyl (C=O) groups is 2. The Bertz CT molecular complexity index is 1390. The zero-order valence-corrected chi connectivity index (χ0v) is 24.7. The van der Waals surface area contributed by atoms with Crippen molar-refractivity contribution < 1.29 is 18.0 Å². The maximum atomic E-state index is 14.1. The van der Waals surface area contributed by atoms with Gasteiger partial charge in [0.25, 0.3) is 0 Å². The molecular weight excluding hydrogens is 557 g/mol. The summed E-state index contributed by atoms with van der Waals surface area (Å²) in [4.78, 5) is 28.7. The average Bonchev–Trinajstić information content (AvgIpc) is 2.90. The maximum absolute atomic E-state index is 14.1. The Kier molecular flexibility index (Phi) is 10.4. The molecule has 0 saturated carbocycles. The topological polar surface area (TPSA) is 86.8 Å². The van der Waals surface area contributed by atoms with Crippen LogP contribution in [0.2, 0.25) is 10.0 Å². The summed E-state index contributed by atoms with van der Waals surface area (Å²) in [6.07, 6.45) is 1.27. The fraction of sp³-hybridized carbons (Fsp3) is 0.310. The fourth-order valence-corrected chi connectivity index (χ4v) is 5.76. The van der Waals surface area contributed by atoms with Crippen LogP contribution < -0.4 is 9.62 Å². The van der Waals surface area contributed by atoms with Crippen molar-refractivity contribution in [1.29, 1.82) is 0 Å². The van der Waals surface area contributed by atoms with Crippen LogP contribution in [0.15, 0.2) is 72.8 Å². The van der Waals surface area contributed by atoms with Crippen molar-refractivity contribution in [2.24, 2.45) is 0 Å². The van der Waals surface area contributed by atoms with Gasteiger partial charge in [0.05, 0.1) is 11.9 Å². The molecule has 7 nitrogen and oxygen atoms in total. The number of nitrogens with one attached hydrogen (secondary N) is 1. The Morgan fingerprint density at radius 1 is 0.897 bits per heavy atom. The Labute approximate surface area is 240 Å². The summed E-state index contributed by atoms with van der Waals surface area (Å²) in [6, 6.07) is 20.4. The highest BCUT2D eigenvalue weighted by Gasteiger charge is 2.34. The van der Waals surface area contributed by atoms with E-state index in [0.717, 1.165) is 21.7 Å². The van der Waals surface area contributed by atoms with Gasteiger partial charge in [0.15, 0.2) is 0 Å². The average molecular weight is 591 g/mol. The molecule has 1 N–H and O–H groups in total. The number of rotatable bonds is 11. The Hall–Kier alpha value is -3.07. The molecule has 0 spiro atoms. The zero-order chi connectivity index (χ0) is 28.7. The SMILES string of the molecule is CNC(=O)C(Cc1ccccc1)N(Cc1c(Cl)cccc1Cl)C(=O)CN(c1ccccc1C(C)C)S(C)(=O)=O. The van der Waals surface area contributed by atoms with Gasteiger partial charge in [-0.3, -0.25) is 13.9 Å². The first-order valence-electron chi connectivity index (χ1n) is 12.5. The highest BCUT2D eigenvalue weighted by Crippen LogP contribution is 2.30. The third-order valence-corrected chi connectivity index (χ3v) is 8.25. The predicted octanol–water partition coefficient (Wildman–Crippen LogP) is 5.27. The fourth-order valence-electron chi connectivity index (χ4n) is 4.37. The van der Waals surface area contributed by atoms with Gasteiger partial charge in [-0.1, -0.05) is 91.6 Å². The third-order valence-electron chi connectivity index (χ3n) is 6.41. The van der Waals surface area contributed by atoms with Crippen LogP contribution in [-0.2, 0) is 32.6 Å². The van der Waals surface area contributed by atoms with E-state index >= 15 is 0 Å². The van der Waals surface area contributed by atoms with E-state index in [9.17, 15) is 18.0 Å². The lowest BCUT2D eigenvalue weighted by molar-refractivity contribution is -0.139. The number of carbonyl (C=O) groups excluding carboxylic acids is 2. The van der Waals surface area contributed by atoms with Gasteiger partial charge in [-0.15, -0.1) is 0 Å². The lowest BCUT2D eigenvalue weighted by Crippen LogP contribution is -2.53. The molecule has 1 atom stereocenters. The molecule has 0 aliphatic carbocycles. The van der Waals surface area contributed by atoms with Crippen LogP contribution in [0.3, 0.4) is 0 Å². The second-order valence-electron chi connectivity index (χ2n) is 9.52. The highest BCUT2D eigenvalue weighted by molar-refractivity contribution is 7.92. The lowest BCUT2D eigenvalue weighted by Gasteiger charge is -2.34. The number of halogens is 2. The molecular formula is C29H33Cl2N3O4S. The number of hydrogen-bond acceptors (Lipinski definition) is 4. The summed E-state index contributed by atoms with van der Waals surface area (Å²) < 4.78 is 27.1. The van der Waals surface area contributed by atoms with Gasteiger partial charge in [-0.2, -0.15) is 0 Å². The quantitative estimate of drug-likeness (QED) is 0.330. The molecule has 3 aromatic rings. The van der Waals surface area contributed by atoms with Gasteiger partial charge in [-0.05, 0) is 35.2 Å². The van der Waals surface area contributed by atoms with Gasteiger partial charge in [0, 0.05) is 35.6 Å². The standard InChI is InChI=1S/C29H33Cl2N3O4S/c1-20(2)22-13-8-9-16-26(22)34(39(4,37)38)19-28(35)33(18-23-24(30)14-10-15-25(23)31)27(29(36)32-3)17-21-11-6-5-7-12-21/h5-16,20,27H,17-19H2,1-4H3,(H,32,36). The molecule has 0 saturated heterocycles. The van der Waals surface area contributed by atoms with Gasteiger partial charge < -0.3 is 10.2 Å². The molecule has 0 bridgehead atoms. The molecule has 208 valence electrons. The van der Waals surface area contributed by atoms with E-state index < -0.39 is 34.4 Å². The number of hydrogen-bond donors (Lipinski definition) is 1. The van der Waals surface area contributed by atoms with Crippen LogP contribution in [0, 0.1) is 0 Å². The van der Waals surface area contributed by atoms with E-state index in [-0.39, 0.29) is 18.9 Å². The first-order valence-corrected chi connectivity index (χ1v) is 15.1. The Morgan fingerprint density at radius 2 is 1.49 bits per heavy atom. The number of benzene rings is 3. The van der Waals surface area contributed by atoms with E-state index in [1.165, 1.54) is 11.9 Å². The van der Waals surface area contributed by atoms with Crippen molar-refractivity contribution in [1.82, 2.24) is 10.2 Å². The molecule has 3 rings (SSSR count). The normalized spacial score (nSPS) is 12.2. The molecule has 0 radical (unpaired) electrons. The molecule has 0 heterocycles. The van der Waals surface area contributed by atoms with E-state index in [1.54, 1.807) is 30.3 Å². The predicted molar refractivity (Wildman–Crippen MR) is 158 cm³/mol. The van der Waals surface area contributed by atoms with Gasteiger partial charge in [0.2, 0.25) is 21.8 Å². The smallest absolute Gasteiger partial charge is 0.244 e. The first kappa shape index (κ1) is 30.5. The van der Waals surface area contributed by atoms with Crippen LogP contribution in [-0.4, -0.2) is 51.0 Å². The Balaban J connectivity index is 2.11. The number of anilines is 1. The molecule has 39 heavy (non-hydrogen) atoms. The van der Waals surface area contributed by atoms with Crippen LogP contribution in [0.1, 0.15) is 36.5 Å². The van der Waals surface area contributed by atoms with E-state index in [1.807, 2.05) is 56.3 Å². The zero-order valence-electron chi connectivity index (χ0n) is 22.4. The van der Waals surface area contributed by atoms with Crippen LogP contribution in [0.25, 0.3) is 0 Å². The minimum Gasteiger partial charge on any atom is -0.357 e. The third kappa shape index (κ3) is 7.75. The molecule has 2 amide bonds. The second kappa shape index (κ2) is 13.3. The van der Waals surface area contributed by atoms with Crippen molar-refractivity contribution in [2.45, 2.75) is 38.8 Å². The highest BCUT2D eigenvalue weighted by atomic mass is 35.5. The molecule has 0 aliphatic rings. The monoisotopic (exact) mass is 589 g/mol. The lowest BCUT2D eigenvalue weighted by atomic mass is 10.0. The molecule has 0 aliphatic heterocycles. The van der Waals surface area contributed by atoms with Crippen molar-refractivity contribution in [3.8, 4) is 0 Å². The van der Waals surface area contributed by atoms with Crippen LogP contribution in [0.5, 0.6) is 0 Å². The molecule has 0 aromatic heterocycles. The molecule has 0 fully saturated rings. The largest absolute Gasteiger partial charge is 0.357 e. The van der Waals surface area contributed by atoms with Crippen LogP contribution >= 0.6 is 23.2 Å². The minimum absolute atomic E-state index is 0.00952.